The molecule has 0 aliphatic heterocycles. The van der Waals surface area contributed by atoms with Gasteiger partial charge in [-0.05, 0) is 215 Å². The summed E-state index contributed by atoms with van der Waals surface area (Å²) in [6.07, 6.45) is 0. The minimum absolute atomic E-state index is 1.14. The Bertz CT molecular complexity index is 10900. The van der Waals surface area contributed by atoms with Crippen molar-refractivity contribution in [2.45, 2.75) is 0 Å². The summed E-state index contributed by atoms with van der Waals surface area (Å²) in [7, 11) is 0. The van der Waals surface area contributed by atoms with Crippen LogP contribution in [0.1, 0.15) is 0 Å². The first-order valence-electron chi connectivity index (χ1n) is 50.4. The van der Waals surface area contributed by atoms with Crippen molar-refractivity contribution in [1.29, 1.82) is 0 Å². The van der Waals surface area contributed by atoms with Gasteiger partial charge in [-0.3, -0.25) is 0 Å². The first kappa shape index (κ1) is 83.5. The van der Waals surface area contributed by atoms with Gasteiger partial charge in [0.1, 0.15) is 0 Å². The summed E-state index contributed by atoms with van der Waals surface area (Å²) in [4.78, 5) is 0. The highest BCUT2D eigenvalue weighted by atomic mass is 32.1. The molecule has 32 rings (SSSR count). The van der Waals surface area contributed by atoms with Gasteiger partial charge in [0, 0.05) is 152 Å². The van der Waals surface area contributed by atoms with Gasteiger partial charge in [0.05, 0.1) is 88.3 Å². The lowest BCUT2D eigenvalue weighted by Gasteiger charge is -2.14. The summed E-state index contributed by atoms with van der Waals surface area (Å²) in [6.45, 7) is 0. The van der Waals surface area contributed by atoms with E-state index in [1.165, 1.54) is 239 Å². The number of para-hydroxylation sites is 14. The predicted molar refractivity (Wildman–Crippen MR) is 623 cm³/mol. The van der Waals surface area contributed by atoms with E-state index in [-0.39, 0.29) is 0 Å². The molecular formula is C138H88N8S. The quantitative estimate of drug-likeness (QED) is 0.124. The highest BCUT2D eigenvalue weighted by Crippen LogP contribution is 2.52. The van der Waals surface area contributed by atoms with Gasteiger partial charge in [0.25, 0.3) is 0 Å². The van der Waals surface area contributed by atoms with E-state index >= 15 is 0 Å². The molecule has 9 heterocycles. The predicted octanol–water partition coefficient (Wildman–Crippen LogP) is 37.2. The summed E-state index contributed by atoms with van der Waals surface area (Å²) in [5, 5.41) is 22.7. The van der Waals surface area contributed by atoms with Crippen LogP contribution in [-0.4, -0.2) is 36.5 Å². The zero-order chi connectivity index (χ0) is 96.4. The zero-order valence-corrected chi connectivity index (χ0v) is 80.6. The smallest absolute Gasteiger partial charge is 0.0795 e. The van der Waals surface area contributed by atoms with Crippen LogP contribution in [0, 0.1) is 0 Å². The second-order valence-electron chi connectivity index (χ2n) is 38.4. The number of thiophene rings is 1. The SMILES string of the molecule is c1ccc(-n2c3ccccc3c3cc(-c4ccc(-n5c6ccccc6c6ccc7c8ccccc8n(-c8ccccc8)c7c65)cc4)ccc32)cc1.c1ccc(-n2c3ccccc3c3cc(-c4cccc(-c5cccc6c5sc5ccccc56)c4)c4c5ccccc5n(-c5ccccc5)c4c32)cc1.c1ccc(-n2c3ccccc3c3cc(-n4c5ccccc5c5ccc6c7ccccc7n(-c7ccccc7)c6c54)ccc32)cc1. The molecular weight excluding hydrogens is 1800 g/mol. The number of rotatable bonds is 11. The lowest BCUT2D eigenvalue weighted by Crippen LogP contribution is -1.99. The molecule has 686 valence electrons. The van der Waals surface area contributed by atoms with Crippen LogP contribution in [0.4, 0.5) is 0 Å². The number of fused-ring (bicyclic) bond motifs is 30. The molecule has 0 unspecified atom stereocenters. The summed E-state index contributed by atoms with van der Waals surface area (Å²) < 4.78 is 22.2. The molecule has 0 amide bonds. The van der Waals surface area contributed by atoms with Crippen molar-refractivity contribution in [3.63, 3.8) is 0 Å². The van der Waals surface area contributed by atoms with Gasteiger partial charge >= 0.3 is 0 Å². The molecule has 0 spiro atoms. The molecule has 23 aromatic carbocycles. The van der Waals surface area contributed by atoms with Gasteiger partial charge in [-0.25, -0.2) is 0 Å². The Labute approximate surface area is 848 Å². The zero-order valence-electron chi connectivity index (χ0n) is 79.8. The second kappa shape index (κ2) is 33.7. The number of benzene rings is 23. The van der Waals surface area contributed by atoms with Gasteiger partial charge in [-0.15, -0.1) is 11.3 Å². The van der Waals surface area contributed by atoms with E-state index in [1.54, 1.807) is 0 Å². The van der Waals surface area contributed by atoms with Crippen molar-refractivity contribution in [2.24, 2.45) is 0 Å². The fourth-order valence-corrected chi connectivity index (χ4v) is 25.6. The molecule has 8 nitrogen and oxygen atoms in total. The monoisotopic (exact) mass is 1890 g/mol. The van der Waals surface area contributed by atoms with Crippen molar-refractivity contribution >= 4 is 206 Å². The highest BCUT2D eigenvalue weighted by molar-refractivity contribution is 7.26. The van der Waals surface area contributed by atoms with E-state index in [0.717, 1.165) is 34.1 Å². The van der Waals surface area contributed by atoms with Crippen molar-refractivity contribution in [1.82, 2.24) is 36.5 Å². The lowest BCUT2D eigenvalue weighted by molar-refractivity contribution is 1.15. The molecule has 0 N–H and O–H groups in total. The highest BCUT2D eigenvalue weighted by Gasteiger charge is 2.29. The fourth-order valence-electron chi connectivity index (χ4n) is 24.3. The fraction of sp³-hybridized carbons (Fsp3) is 0. The summed E-state index contributed by atoms with van der Waals surface area (Å²) >= 11 is 1.89. The van der Waals surface area contributed by atoms with Crippen LogP contribution in [0.15, 0.2) is 534 Å². The average molecular weight is 1890 g/mol. The molecule has 0 bridgehead atoms. The van der Waals surface area contributed by atoms with Crippen LogP contribution in [0.3, 0.4) is 0 Å². The Kier molecular flexibility index (Phi) is 19.1. The largest absolute Gasteiger partial charge is 0.309 e. The maximum absolute atomic E-state index is 2.49. The number of hydrogen-bond acceptors (Lipinski definition) is 1. The average Bonchev–Trinajstić information content (AvgIpc) is 1.53. The van der Waals surface area contributed by atoms with Gasteiger partial charge in [0.15, 0.2) is 0 Å². The third kappa shape index (κ3) is 13.0. The van der Waals surface area contributed by atoms with Gasteiger partial charge in [-0.1, -0.05) is 352 Å². The first-order valence-corrected chi connectivity index (χ1v) is 51.3. The number of aromatic nitrogens is 8. The summed E-state index contributed by atoms with van der Waals surface area (Å²) in [6, 6.07) is 194. The Morgan fingerprint density at radius 3 is 0.816 bits per heavy atom. The van der Waals surface area contributed by atoms with E-state index in [0.29, 0.717) is 0 Å². The van der Waals surface area contributed by atoms with Crippen LogP contribution < -0.4 is 0 Å². The standard InChI is InChI=1S/C48H31N3.C48H30N2S.C42H27N3/c1-3-13-34(14-4-1)49-43-20-10-9-19-39(43)42-31-33(25-30-46(42)49)32-23-26-36(27-24-32)51-45-22-12-8-18-38(45)41-29-28-40-37-17-7-11-21-44(37)50(47(40)48(41)51)35-15-5-2-6-16-35;1-3-17-33(18-4-1)49-42-26-10-7-21-36(42)41-30-40(45-39-23-8-11-27-43(39)50(47(45)46(41)49)34-19-5-2-6-20-34)32-16-13-15-31(29-32)35-24-14-25-38-37-22-9-12-28-44(37)51-48(35)38;1-3-13-28(14-4-1)43-37-20-10-9-19-33(37)36-27-30(23-26-40(36)43)45-39-22-12-8-18-32(39)35-25-24-34-31-17-7-11-21-38(31)44(41(34)42(35)45)29-15-5-2-6-16-29/h1-31H;1-30H;1-27H. The molecule has 147 heavy (non-hydrogen) atoms. The summed E-state index contributed by atoms with van der Waals surface area (Å²) in [5.74, 6) is 0. The molecule has 9 heteroatoms. The van der Waals surface area contributed by atoms with Crippen molar-refractivity contribution < 1.29 is 0 Å². The molecule has 0 aliphatic carbocycles. The van der Waals surface area contributed by atoms with Gasteiger partial charge in [-0.2, -0.15) is 0 Å². The molecule has 9 aromatic heterocycles. The summed E-state index contributed by atoms with van der Waals surface area (Å²) in [5.41, 5.74) is 36.0. The Morgan fingerprint density at radius 2 is 0.395 bits per heavy atom. The molecule has 0 fully saturated rings. The molecule has 0 aliphatic rings. The number of hydrogen-bond donors (Lipinski definition) is 0. The van der Waals surface area contributed by atoms with Crippen LogP contribution in [-0.2, 0) is 0 Å². The minimum Gasteiger partial charge on any atom is -0.309 e. The third-order valence-electron chi connectivity index (χ3n) is 30.5. The van der Waals surface area contributed by atoms with E-state index in [4.69, 9.17) is 0 Å². The van der Waals surface area contributed by atoms with Crippen molar-refractivity contribution in [3.8, 4) is 78.9 Å². The Hall–Kier alpha value is -19.3. The van der Waals surface area contributed by atoms with Crippen molar-refractivity contribution in [2.75, 3.05) is 0 Å². The number of nitrogens with zero attached hydrogens (tertiary/aromatic N) is 8. The molecule has 0 saturated heterocycles. The first-order chi connectivity index (χ1) is 73.0. The second-order valence-corrected chi connectivity index (χ2v) is 39.5. The van der Waals surface area contributed by atoms with E-state index < -0.39 is 0 Å². The maximum Gasteiger partial charge on any atom is 0.0795 e. The van der Waals surface area contributed by atoms with Crippen LogP contribution in [0.2, 0.25) is 0 Å². The van der Waals surface area contributed by atoms with E-state index in [9.17, 15) is 0 Å². The molecule has 0 radical (unpaired) electrons. The Balaban J connectivity index is 0.000000102. The molecule has 32 aromatic rings. The van der Waals surface area contributed by atoms with E-state index in [1.807, 2.05) is 11.3 Å². The maximum atomic E-state index is 2.49. The van der Waals surface area contributed by atoms with Crippen LogP contribution in [0.25, 0.3) is 273 Å². The van der Waals surface area contributed by atoms with Gasteiger partial charge < -0.3 is 36.5 Å². The third-order valence-corrected chi connectivity index (χ3v) is 31.7. The lowest BCUT2D eigenvalue weighted by atomic mass is 9.93. The van der Waals surface area contributed by atoms with E-state index in [2.05, 4.69) is 570 Å². The molecule has 0 atom stereocenters. The Morgan fingerprint density at radius 1 is 0.122 bits per heavy atom. The topological polar surface area (TPSA) is 39.4 Å². The van der Waals surface area contributed by atoms with Crippen LogP contribution >= 0.6 is 11.3 Å². The van der Waals surface area contributed by atoms with Crippen molar-refractivity contribution in [3.05, 3.63) is 534 Å². The minimum atomic E-state index is 1.14. The van der Waals surface area contributed by atoms with Gasteiger partial charge in [0.2, 0.25) is 0 Å². The molecule has 0 saturated carbocycles. The van der Waals surface area contributed by atoms with Crippen LogP contribution in [0.5, 0.6) is 0 Å². The normalized spacial score (nSPS) is 11.9.